The molecule has 2 rings (SSSR count). The Kier molecular flexibility index (Phi) is 8.32. The molecular formula is C27H42OSSi. The Morgan fingerprint density at radius 2 is 1.27 bits per heavy atom. The van der Waals surface area contributed by atoms with Crippen molar-refractivity contribution in [2.45, 2.75) is 96.0 Å². The fraction of sp³-hybridized carbons (Fsp3) is 0.556. The van der Waals surface area contributed by atoms with Crippen molar-refractivity contribution in [1.82, 2.24) is 0 Å². The second kappa shape index (κ2) is 9.95. The second-order valence-corrected chi connectivity index (χ2v) is 16.9. The van der Waals surface area contributed by atoms with Crippen molar-refractivity contribution in [1.29, 1.82) is 0 Å². The van der Waals surface area contributed by atoms with E-state index in [1.54, 1.807) is 5.19 Å². The number of hydrogen-bond acceptors (Lipinski definition) is 2. The number of hydrogen-bond donors (Lipinski definition) is 1. The largest absolute Gasteiger partial charge is 0.507 e. The van der Waals surface area contributed by atoms with Crippen LogP contribution in [0.25, 0.3) is 0 Å². The van der Waals surface area contributed by atoms with Crippen molar-refractivity contribution in [3.8, 4) is 5.75 Å². The lowest BCUT2D eigenvalue weighted by Gasteiger charge is -2.33. The van der Waals surface area contributed by atoms with Crippen molar-refractivity contribution in [2.75, 3.05) is 5.38 Å². The summed E-state index contributed by atoms with van der Waals surface area (Å²) in [4.78, 5) is 1.31. The van der Waals surface area contributed by atoms with Gasteiger partial charge < -0.3 is 5.11 Å². The van der Waals surface area contributed by atoms with Gasteiger partial charge in [0.15, 0.2) is 0 Å². The molecule has 30 heavy (non-hydrogen) atoms. The minimum Gasteiger partial charge on any atom is -0.507 e. The fourth-order valence-electron chi connectivity index (χ4n) is 4.45. The van der Waals surface area contributed by atoms with E-state index in [2.05, 4.69) is 97.9 Å². The minimum atomic E-state index is -1.59. The Morgan fingerprint density at radius 3 is 1.67 bits per heavy atom. The lowest BCUT2D eigenvalue weighted by Crippen LogP contribution is -2.50. The molecule has 0 heterocycles. The molecule has 2 aromatic carbocycles. The van der Waals surface area contributed by atoms with Crippen LogP contribution in [0.1, 0.15) is 79.4 Å². The van der Waals surface area contributed by atoms with Crippen molar-refractivity contribution in [3.63, 3.8) is 0 Å². The van der Waals surface area contributed by atoms with Gasteiger partial charge >= 0.3 is 0 Å². The number of benzene rings is 2. The molecule has 0 spiro atoms. The molecule has 166 valence electrons. The number of rotatable bonds is 8. The first-order chi connectivity index (χ1) is 13.9. The van der Waals surface area contributed by atoms with E-state index in [0.29, 0.717) is 5.75 Å². The van der Waals surface area contributed by atoms with E-state index in [9.17, 15) is 5.11 Å². The first-order valence-corrected chi connectivity index (χ1v) is 15.1. The van der Waals surface area contributed by atoms with Gasteiger partial charge in [-0.2, -0.15) is 0 Å². The van der Waals surface area contributed by atoms with Gasteiger partial charge in [-0.1, -0.05) is 116 Å². The normalized spacial score (nSPS) is 12.9. The maximum atomic E-state index is 11.1. The standard InChI is InChI=1S/C27H42OSSi/c1-9-16-30(17-10-2,22-14-12-11-13-15-22)20-29-21-18-23(26(3,4)5)25(28)24(19-21)27(6,7)8/h11-15,18-19,28H,9-10,16-17,20H2,1-8H3. The highest BCUT2D eigenvalue weighted by molar-refractivity contribution is 8.01. The second-order valence-electron chi connectivity index (χ2n) is 10.8. The molecule has 1 N–H and O–H groups in total. The highest BCUT2D eigenvalue weighted by Crippen LogP contribution is 2.42. The lowest BCUT2D eigenvalue weighted by atomic mass is 9.79. The molecule has 0 aliphatic carbocycles. The van der Waals surface area contributed by atoms with Crippen LogP contribution in [-0.2, 0) is 10.8 Å². The van der Waals surface area contributed by atoms with Gasteiger partial charge in [0.05, 0.1) is 8.07 Å². The summed E-state index contributed by atoms with van der Waals surface area (Å²) in [5.41, 5.74) is 1.97. The van der Waals surface area contributed by atoms with Gasteiger partial charge in [-0.3, -0.25) is 0 Å². The minimum absolute atomic E-state index is 0.0819. The first-order valence-electron chi connectivity index (χ1n) is 11.5. The van der Waals surface area contributed by atoms with E-state index in [0.717, 1.165) is 11.1 Å². The summed E-state index contributed by atoms with van der Waals surface area (Å²) >= 11 is 2.02. The number of thioether (sulfide) groups is 1. The van der Waals surface area contributed by atoms with Gasteiger partial charge in [0.1, 0.15) is 5.75 Å². The summed E-state index contributed by atoms with van der Waals surface area (Å²) in [6, 6.07) is 18.5. The van der Waals surface area contributed by atoms with Crippen molar-refractivity contribution >= 4 is 25.0 Å². The van der Waals surface area contributed by atoms with Crippen LogP contribution >= 0.6 is 11.8 Å². The summed E-state index contributed by atoms with van der Waals surface area (Å²) in [7, 11) is -1.59. The summed E-state index contributed by atoms with van der Waals surface area (Å²) < 4.78 is 0. The average Bonchev–Trinajstić information content (AvgIpc) is 2.66. The number of aromatic hydroxyl groups is 1. The van der Waals surface area contributed by atoms with E-state index >= 15 is 0 Å². The van der Waals surface area contributed by atoms with Crippen LogP contribution in [0, 0.1) is 0 Å². The quantitative estimate of drug-likeness (QED) is 0.332. The van der Waals surface area contributed by atoms with Gasteiger partial charge in [-0.25, -0.2) is 0 Å². The number of phenols is 1. The summed E-state index contributed by atoms with van der Waals surface area (Å²) in [5, 5.41) is 13.9. The SMILES string of the molecule is CCC[Si](CCC)(CSc1cc(C(C)(C)C)c(O)c(C(C)(C)C)c1)c1ccccc1. The predicted molar refractivity (Wildman–Crippen MR) is 138 cm³/mol. The van der Waals surface area contributed by atoms with Crippen LogP contribution in [0.3, 0.4) is 0 Å². The molecule has 0 radical (unpaired) electrons. The van der Waals surface area contributed by atoms with Crippen LogP contribution in [0.5, 0.6) is 5.75 Å². The molecule has 0 aliphatic rings. The van der Waals surface area contributed by atoms with E-state index in [1.165, 1.54) is 35.2 Å². The van der Waals surface area contributed by atoms with Crippen LogP contribution < -0.4 is 5.19 Å². The van der Waals surface area contributed by atoms with Crippen LogP contribution in [-0.4, -0.2) is 18.6 Å². The van der Waals surface area contributed by atoms with Crippen LogP contribution in [0.4, 0.5) is 0 Å². The predicted octanol–water partition coefficient (Wildman–Crippen LogP) is 7.79. The van der Waals surface area contributed by atoms with E-state index < -0.39 is 8.07 Å². The monoisotopic (exact) mass is 442 g/mol. The Bertz CT molecular complexity index is 774. The van der Waals surface area contributed by atoms with Gasteiger partial charge in [0.25, 0.3) is 0 Å². The lowest BCUT2D eigenvalue weighted by molar-refractivity contribution is 0.422. The van der Waals surface area contributed by atoms with Gasteiger partial charge in [0.2, 0.25) is 0 Å². The maximum absolute atomic E-state index is 11.1. The molecule has 1 nitrogen and oxygen atoms in total. The third-order valence-corrected chi connectivity index (χ3v) is 13.9. The molecule has 0 aromatic heterocycles. The molecule has 0 fully saturated rings. The zero-order valence-electron chi connectivity index (χ0n) is 20.4. The third-order valence-electron chi connectivity index (χ3n) is 6.06. The first kappa shape index (κ1) is 25.1. The highest BCUT2D eigenvalue weighted by atomic mass is 32.2. The molecule has 0 saturated carbocycles. The Labute approximate surface area is 190 Å². The van der Waals surface area contributed by atoms with Crippen molar-refractivity contribution in [2.24, 2.45) is 0 Å². The Morgan fingerprint density at radius 1 is 0.800 bits per heavy atom. The van der Waals surface area contributed by atoms with E-state index in [1.807, 2.05) is 11.8 Å². The fourth-order valence-corrected chi connectivity index (χ4v) is 12.1. The molecule has 0 atom stereocenters. The Hall–Kier alpha value is -1.19. The van der Waals surface area contributed by atoms with Gasteiger partial charge in [0, 0.05) is 16.0 Å². The van der Waals surface area contributed by atoms with E-state index in [-0.39, 0.29) is 10.8 Å². The zero-order chi connectivity index (χ0) is 22.6. The Balaban J connectivity index is 2.49. The molecule has 0 amide bonds. The third kappa shape index (κ3) is 5.94. The molecule has 0 aliphatic heterocycles. The van der Waals surface area contributed by atoms with E-state index in [4.69, 9.17) is 0 Å². The van der Waals surface area contributed by atoms with Crippen LogP contribution in [0.15, 0.2) is 47.4 Å². The molecular weight excluding hydrogens is 400 g/mol. The molecule has 0 unspecified atom stereocenters. The maximum Gasteiger partial charge on any atom is 0.123 e. The molecule has 0 bridgehead atoms. The topological polar surface area (TPSA) is 20.2 Å². The van der Waals surface area contributed by atoms with Crippen molar-refractivity contribution < 1.29 is 5.11 Å². The van der Waals surface area contributed by atoms with Crippen molar-refractivity contribution in [3.05, 3.63) is 53.6 Å². The number of phenolic OH excluding ortho intramolecular Hbond substituents is 1. The molecule has 3 heteroatoms. The summed E-state index contributed by atoms with van der Waals surface area (Å²) in [6.07, 6.45) is 2.50. The van der Waals surface area contributed by atoms with Crippen LogP contribution in [0.2, 0.25) is 12.1 Å². The zero-order valence-corrected chi connectivity index (χ0v) is 22.2. The summed E-state index contributed by atoms with van der Waals surface area (Å²) in [6.45, 7) is 17.8. The smallest absolute Gasteiger partial charge is 0.123 e. The molecule has 2 aromatic rings. The van der Waals surface area contributed by atoms with Gasteiger partial charge in [-0.05, 0) is 28.3 Å². The molecule has 0 saturated heterocycles. The summed E-state index contributed by atoms with van der Waals surface area (Å²) in [5.74, 6) is 0.480. The van der Waals surface area contributed by atoms with Gasteiger partial charge in [-0.15, -0.1) is 11.8 Å². The average molecular weight is 443 g/mol. The highest BCUT2D eigenvalue weighted by Gasteiger charge is 2.34.